The molecule has 0 spiro atoms. The van der Waals surface area contributed by atoms with E-state index >= 15 is 0 Å². The third-order valence-corrected chi connectivity index (χ3v) is 3.89. The van der Waals surface area contributed by atoms with Crippen LogP contribution in [0.4, 0.5) is 0 Å². The number of nitrogens with one attached hydrogen (secondary N) is 1. The van der Waals surface area contributed by atoms with E-state index in [-0.39, 0.29) is 18.2 Å². The topological polar surface area (TPSA) is 67.2 Å². The van der Waals surface area contributed by atoms with Crippen molar-refractivity contribution in [2.24, 2.45) is 5.92 Å². The Hall–Kier alpha value is -1.88. The molecule has 5 heteroatoms. The van der Waals surface area contributed by atoms with Crippen molar-refractivity contribution in [3.63, 3.8) is 0 Å². The number of nitrogens with zero attached hydrogens (tertiary/aromatic N) is 2. The van der Waals surface area contributed by atoms with Crippen LogP contribution in [-0.2, 0) is 11.3 Å². The van der Waals surface area contributed by atoms with Crippen molar-refractivity contribution in [3.8, 4) is 0 Å². The van der Waals surface area contributed by atoms with Gasteiger partial charge in [-0.25, -0.2) is 4.98 Å². The molecule has 0 saturated carbocycles. The van der Waals surface area contributed by atoms with Gasteiger partial charge in [-0.05, 0) is 31.4 Å². The number of aliphatic hydroxyl groups is 1. The number of hydrogen-bond donors (Lipinski definition) is 2. The summed E-state index contributed by atoms with van der Waals surface area (Å²) in [4.78, 5) is 16.2. The lowest BCUT2D eigenvalue weighted by atomic mass is 10.0. The van der Waals surface area contributed by atoms with Gasteiger partial charge in [0.05, 0.1) is 23.6 Å². The van der Waals surface area contributed by atoms with E-state index in [9.17, 15) is 9.90 Å². The molecule has 120 valence electrons. The summed E-state index contributed by atoms with van der Waals surface area (Å²) in [6.45, 7) is 7.24. The summed E-state index contributed by atoms with van der Waals surface area (Å²) in [5, 5.41) is 12.6. The largest absolute Gasteiger partial charge is 0.392 e. The number of fused-ring (bicyclic) bond motifs is 1. The minimum atomic E-state index is -0.570. The van der Waals surface area contributed by atoms with Crippen molar-refractivity contribution in [2.75, 3.05) is 6.54 Å². The third kappa shape index (κ3) is 4.07. The van der Waals surface area contributed by atoms with Gasteiger partial charge in [0.25, 0.3) is 0 Å². The first-order valence-corrected chi connectivity index (χ1v) is 7.85. The first-order valence-electron chi connectivity index (χ1n) is 7.85. The normalized spacial score (nSPS) is 12.8. The lowest BCUT2D eigenvalue weighted by Gasteiger charge is -2.14. The minimum Gasteiger partial charge on any atom is -0.392 e. The van der Waals surface area contributed by atoms with E-state index in [0.29, 0.717) is 6.54 Å². The summed E-state index contributed by atoms with van der Waals surface area (Å²) < 4.78 is 2.17. The molecule has 0 fully saturated rings. The van der Waals surface area contributed by atoms with Crippen molar-refractivity contribution >= 4 is 16.9 Å². The number of imidazole rings is 1. The average Bonchev–Trinajstić information content (AvgIpc) is 2.79. The zero-order valence-corrected chi connectivity index (χ0v) is 13.5. The molecule has 2 rings (SSSR count). The molecular weight excluding hydrogens is 278 g/mol. The smallest absolute Gasteiger partial charge is 0.222 e. The Morgan fingerprint density at radius 2 is 2.09 bits per heavy atom. The number of aromatic nitrogens is 2. The Balaban J connectivity index is 1.81. The van der Waals surface area contributed by atoms with E-state index in [1.54, 1.807) is 0 Å². The zero-order chi connectivity index (χ0) is 16.1. The molecule has 2 N–H and O–H groups in total. The Morgan fingerprint density at radius 1 is 1.36 bits per heavy atom. The number of carbonyl (C=O) groups is 1. The van der Waals surface area contributed by atoms with Gasteiger partial charge in [-0.2, -0.15) is 0 Å². The van der Waals surface area contributed by atoms with Crippen LogP contribution < -0.4 is 5.32 Å². The molecule has 2 aromatic rings. The number of carbonyl (C=O) groups excluding carboxylic acids is 1. The number of aliphatic hydroxyl groups excluding tert-OH is 1. The van der Waals surface area contributed by atoms with Crippen LogP contribution in [0, 0.1) is 12.8 Å². The Labute approximate surface area is 131 Å². The fraction of sp³-hybridized carbons (Fsp3) is 0.529. The van der Waals surface area contributed by atoms with E-state index < -0.39 is 6.10 Å². The summed E-state index contributed by atoms with van der Waals surface area (Å²) >= 11 is 0. The van der Waals surface area contributed by atoms with E-state index in [4.69, 9.17) is 0 Å². The van der Waals surface area contributed by atoms with Gasteiger partial charge in [-0.1, -0.05) is 26.0 Å². The van der Waals surface area contributed by atoms with E-state index in [1.807, 2.05) is 39.0 Å². The molecule has 0 radical (unpaired) electrons. The van der Waals surface area contributed by atoms with Crippen LogP contribution in [0.3, 0.4) is 0 Å². The van der Waals surface area contributed by atoms with Gasteiger partial charge >= 0.3 is 0 Å². The fourth-order valence-electron chi connectivity index (χ4n) is 2.44. The lowest BCUT2D eigenvalue weighted by Crippen LogP contribution is -2.30. The molecular formula is C17H25N3O2. The predicted molar refractivity (Wildman–Crippen MR) is 87.6 cm³/mol. The molecule has 0 bridgehead atoms. The molecule has 0 saturated heterocycles. The van der Waals surface area contributed by atoms with Gasteiger partial charge in [0.1, 0.15) is 5.82 Å². The molecule has 1 aromatic carbocycles. The fourth-order valence-corrected chi connectivity index (χ4v) is 2.44. The minimum absolute atomic E-state index is 0.0894. The average molecular weight is 303 g/mol. The molecule has 0 aliphatic carbocycles. The summed E-state index contributed by atoms with van der Waals surface area (Å²) in [5.41, 5.74) is 2.13. The Bertz CT molecular complexity index is 634. The molecule has 5 nitrogen and oxygen atoms in total. The van der Waals surface area contributed by atoms with Crippen LogP contribution in [0.5, 0.6) is 0 Å². The predicted octanol–water partition coefficient (Wildman–Crippen LogP) is 2.26. The van der Waals surface area contributed by atoms with Crippen molar-refractivity contribution in [1.82, 2.24) is 14.9 Å². The number of amides is 1. The van der Waals surface area contributed by atoms with Gasteiger partial charge in [-0.3, -0.25) is 4.79 Å². The van der Waals surface area contributed by atoms with Gasteiger partial charge in [0.2, 0.25) is 5.91 Å². The number of hydrogen-bond acceptors (Lipinski definition) is 3. The number of benzene rings is 1. The monoisotopic (exact) mass is 303 g/mol. The van der Waals surface area contributed by atoms with Crippen molar-refractivity contribution in [3.05, 3.63) is 30.1 Å². The van der Waals surface area contributed by atoms with Crippen molar-refractivity contribution < 1.29 is 9.90 Å². The maximum atomic E-state index is 11.7. The van der Waals surface area contributed by atoms with Crippen LogP contribution in [0.25, 0.3) is 11.0 Å². The zero-order valence-electron chi connectivity index (χ0n) is 13.5. The number of para-hydroxylation sites is 2. The molecule has 1 atom stereocenters. The SMILES string of the molecule is Cc1nc2ccccc2n1CCCNC(=O)CC(O)C(C)C. The summed E-state index contributed by atoms with van der Waals surface area (Å²) in [6, 6.07) is 8.06. The first kappa shape index (κ1) is 16.5. The summed E-state index contributed by atoms with van der Waals surface area (Å²) in [5.74, 6) is 1.00. The number of rotatable bonds is 7. The van der Waals surface area contributed by atoms with Crippen molar-refractivity contribution in [1.29, 1.82) is 0 Å². The molecule has 0 aliphatic heterocycles. The second kappa shape index (κ2) is 7.40. The Kier molecular flexibility index (Phi) is 5.55. The van der Waals surface area contributed by atoms with E-state index in [2.05, 4.69) is 20.9 Å². The number of aryl methyl sites for hydroxylation is 2. The van der Waals surface area contributed by atoms with Crippen molar-refractivity contribution in [2.45, 2.75) is 46.3 Å². The van der Waals surface area contributed by atoms with Crippen LogP contribution in [0.1, 0.15) is 32.5 Å². The molecule has 1 heterocycles. The maximum Gasteiger partial charge on any atom is 0.222 e. The first-order chi connectivity index (χ1) is 10.5. The highest BCUT2D eigenvalue weighted by Crippen LogP contribution is 2.15. The van der Waals surface area contributed by atoms with Crippen LogP contribution >= 0.6 is 0 Å². The van der Waals surface area contributed by atoms with Gasteiger partial charge in [0, 0.05) is 13.1 Å². The van der Waals surface area contributed by atoms with Gasteiger partial charge in [0.15, 0.2) is 0 Å². The van der Waals surface area contributed by atoms with Gasteiger partial charge in [-0.15, -0.1) is 0 Å². The molecule has 1 aromatic heterocycles. The van der Waals surface area contributed by atoms with Crippen LogP contribution in [-0.4, -0.2) is 33.2 Å². The quantitative estimate of drug-likeness (QED) is 0.771. The molecule has 1 unspecified atom stereocenters. The van der Waals surface area contributed by atoms with Gasteiger partial charge < -0.3 is 15.0 Å². The second-order valence-corrected chi connectivity index (χ2v) is 6.02. The standard InChI is InChI=1S/C17H25N3O2/c1-12(2)16(21)11-17(22)18-9-6-10-20-13(3)19-14-7-4-5-8-15(14)20/h4-5,7-8,12,16,21H,6,9-11H2,1-3H3,(H,18,22). The Morgan fingerprint density at radius 3 is 2.82 bits per heavy atom. The molecule has 1 amide bonds. The summed E-state index contributed by atoms with van der Waals surface area (Å²) in [6.07, 6.45) is 0.440. The maximum absolute atomic E-state index is 11.7. The van der Waals surface area contributed by atoms with Crippen LogP contribution in [0.2, 0.25) is 0 Å². The third-order valence-electron chi connectivity index (χ3n) is 3.89. The highest BCUT2D eigenvalue weighted by atomic mass is 16.3. The molecule has 22 heavy (non-hydrogen) atoms. The lowest BCUT2D eigenvalue weighted by molar-refractivity contribution is -0.123. The summed E-state index contributed by atoms with van der Waals surface area (Å²) in [7, 11) is 0. The van der Waals surface area contributed by atoms with Crippen LogP contribution in [0.15, 0.2) is 24.3 Å². The highest BCUT2D eigenvalue weighted by molar-refractivity contribution is 5.76. The molecule has 0 aliphatic rings. The van der Waals surface area contributed by atoms with E-state index in [0.717, 1.165) is 29.8 Å². The highest BCUT2D eigenvalue weighted by Gasteiger charge is 2.13. The second-order valence-electron chi connectivity index (χ2n) is 6.02. The van der Waals surface area contributed by atoms with E-state index in [1.165, 1.54) is 0 Å².